The largest absolute Gasteiger partial charge is 0.311 e. The maximum atomic E-state index is 4.03. The predicted octanol–water partition coefficient (Wildman–Crippen LogP) is 3.18. The second kappa shape index (κ2) is 6.64. The SMILES string of the molecule is CCC(CC)(CC)NCCc1ccncc1. The molecule has 1 aromatic rings. The van der Waals surface area contributed by atoms with Crippen LogP contribution in [0, 0.1) is 0 Å². The van der Waals surface area contributed by atoms with Crippen LogP contribution < -0.4 is 5.32 Å². The highest BCUT2D eigenvalue weighted by atomic mass is 15.0. The summed E-state index contributed by atoms with van der Waals surface area (Å²) in [4.78, 5) is 4.03. The number of pyridine rings is 1. The molecule has 1 aromatic heterocycles. The second-order valence-corrected chi connectivity index (χ2v) is 4.37. The summed E-state index contributed by atoms with van der Waals surface area (Å²) in [6.07, 6.45) is 8.43. The Hall–Kier alpha value is -0.890. The van der Waals surface area contributed by atoms with E-state index in [1.165, 1.54) is 24.8 Å². The molecule has 0 aromatic carbocycles. The van der Waals surface area contributed by atoms with E-state index in [-0.39, 0.29) is 0 Å². The van der Waals surface area contributed by atoms with Crippen molar-refractivity contribution >= 4 is 0 Å². The smallest absolute Gasteiger partial charge is 0.0270 e. The van der Waals surface area contributed by atoms with E-state index < -0.39 is 0 Å². The minimum absolute atomic E-state index is 0.340. The highest BCUT2D eigenvalue weighted by Gasteiger charge is 2.21. The van der Waals surface area contributed by atoms with Gasteiger partial charge in [0.1, 0.15) is 0 Å². The van der Waals surface area contributed by atoms with Gasteiger partial charge in [0.25, 0.3) is 0 Å². The van der Waals surface area contributed by atoms with Gasteiger partial charge in [-0.1, -0.05) is 20.8 Å². The molecule has 2 nitrogen and oxygen atoms in total. The summed E-state index contributed by atoms with van der Waals surface area (Å²) in [7, 11) is 0. The fraction of sp³-hybridized carbons (Fsp3) is 0.643. The van der Waals surface area contributed by atoms with Crippen molar-refractivity contribution in [1.82, 2.24) is 10.3 Å². The predicted molar refractivity (Wildman–Crippen MR) is 69.5 cm³/mol. The number of aromatic nitrogens is 1. The topological polar surface area (TPSA) is 24.9 Å². The zero-order valence-corrected chi connectivity index (χ0v) is 10.8. The monoisotopic (exact) mass is 220 g/mol. The summed E-state index contributed by atoms with van der Waals surface area (Å²) >= 11 is 0. The molecule has 16 heavy (non-hydrogen) atoms. The lowest BCUT2D eigenvalue weighted by Crippen LogP contribution is -2.44. The summed E-state index contributed by atoms with van der Waals surface area (Å²) in [5.41, 5.74) is 1.70. The maximum absolute atomic E-state index is 4.03. The Kier molecular flexibility index (Phi) is 5.47. The molecule has 0 atom stereocenters. The van der Waals surface area contributed by atoms with Gasteiger partial charge in [-0.3, -0.25) is 4.98 Å². The van der Waals surface area contributed by atoms with E-state index in [0.717, 1.165) is 13.0 Å². The van der Waals surface area contributed by atoms with Gasteiger partial charge in [-0.25, -0.2) is 0 Å². The molecule has 0 radical (unpaired) electrons. The van der Waals surface area contributed by atoms with Gasteiger partial charge in [0, 0.05) is 17.9 Å². The van der Waals surface area contributed by atoms with Crippen molar-refractivity contribution in [2.75, 3.05) is 6.54 Å². The molecule has 0 aliphatic rings. The standard InChI is InChI=1S/C14H24N2/c1-4-14(5-2,6-3)16-12-9-13-7-10-15-11-8-13/h7-8,10-11,16H,4-6,9,12H2,1-3H3. The van der Waals surface area contributed by atoms with E-state index in [4.69, 9.17) is 0 Å². The molecular formula is C14H24N2. The van der Waals surface area contributed by atoms with Crippen LogP contribution in [-0.4, -0.2) is 17.1 Å². The Morgan fingerprint density at radius 3 is 2.12 bits per heavy atom. The zero-order valence-electron chi connectivity index (χ0n) is 10.8. The Labute approximate surface area is 99.5 Å². The van der Waals surface area contributed by atoms with Crippen molar-refractivity contribution in [3.63, 3.8) is 0 Å². The molecule has 0 aliphatic heterocycles. The van der Waals surface area contributed by atoms with Crippen LogP contribution in [0.1, 0.15) is 45.6 Å². The van der Waals surface area contributed by atoms with Crippen molar-refractivity contribution in [3.8, 4) is 0 Å². The molecule has 1 rings (SSSR count). The molecular weight excluding hydrogens is 196 g/mol. The van der Waals surface area contributed by atoms with Gasteiger partial charge in [0.05, 0.1) is 0 Å². The third kappa shape index (κ3) is 3.60. The molecule has 0 bridgehead atoms. The first-order chi connectivity index (χ1) is 7.76. The molecule has 0 spiro atoms. The van der Waals surface area contributed by atoms with Gasteiger partial charge in [-0.2, -0.15) is 0 Å². The average Bonchev–Trinajstić information content (AvgIpc) is 2.37. The normalized spacial score (nSPS) is 11.7. The van der Waals surface area contributed by atoms with Crippen LogP contribution in [0.5, 0.6) is 0 Å². The lowest BCUT2D eigenvalue weighted by molar-refractivity contribution is 0.292. The van der Waals surface area contributed by atoms with Crippen LogP contribution in [-0.2, 0) is 6.42 Å². The summed E-state index contributed by atoms with van der Waals surface area (Å²) in [5.74, 6) is 0. The molecule has 1 heterocycles. The summed E-state index contributed by atoms with van der Waals surface area (Å²) in [5, 5.41) is 3.71. The van der Waals surface area contributed by atoms with Gasteiger partial charge >= 0.3 is 0 Å². The number of hydrogen-bond acceptors (Lipinski definition) is 2. The number of nitrogens with zero attached hydrogens (tertiary/aromatic N) is 1. The Balaban J connectivity index is 2.39. The molecule has 0 fully saturated rings. The van der Waals surface area contributed by atoms with Crippen molar-refractivity contribution in [2.45, 2.75) is 52.0 Å². The zero-order chi connectivity index (χ0) is 11.9. The number of nitrogens with one attached hydrogen (secondary N) is 1. The van der Waals surface area contributed by atoms with E-state index in [0.29, 0.717) is 5.54 Å². The minimum Gasteiger partial charge on any atom is -0.311 e. The first-order valence-electron chi connectivity index (χ1n) is 6.40. The number of rotatable bonds is 7. The number of hydrogen-bond donors (Lipinski definition) is 1. The summed E-state index contributed by atoms with van der Waals surface area (Å²) in [6.45, 7) is 7.87. The van der Waals surface area contributed by atoms with Crippen LogP contribution in [0.25, 0.3) is 0 Å². The van der Waals surface area contributed by atoms with E-state index in [1.54, 1.807) is 0 Å². The lowest BCUT2D eigenvalue weighted by Gasteiger charge is -2.32. The molecule has 1 N–H and O–H groups in total. The third-order valence-electron chi connectivity index (χ3n) is 3.69. The highest BCUT2D eigenvalue weighted by molar-refractivity contribution is 5.10. The van der Waals surface area contributed by atoms with Crippen molar-refractivity contribution < 1.29 is 0 Å². The quantitative estimate of drug-likeness (QED) is 0.763. The van der Waals surface area contributed by atoms with Crippen LogP contribution in [0.15, 0.2) is 24.5 Å². The molecule has 0 amide bonds. The van der Waals surface area contributed by atoms with Crippen LogP contribution >= 0.6 is 0 Å². The van der Waals surface area contributed by atoms with E-state index in [2.05, 4.69) is 43.2 Å². The van der Waals surface area contributed by atoms with Crippen molar-refractivity contribution in [3.05, 3.63) is 30.1 Å². The molecule has 0 saturated carbocycles. The molecule has 90 valence electrons. The van der Waals surface area contributed by atoms with Crippen LogP contribution in [0.3, 0.4) is 0 Å². The summed E-state index contributed by atoms with van der Waals surface area (Å²) < 4.78 is 0. The Bertz CT molecular complexity index is 270. The first-order valence-corrected chi connectivity index (χ1v) is 6.40. The Morgan fingerprint density at radius 2 is 1.62 bits per heavy atom. The van der Waals surface area contributed by atoms with Gasteiger partial charge in [0.15, 0.2) is 0 Å². The van der Waals surface area contributed by atoms with Crippen LogP contribution in [0.2, 0.25) is 0 Å². The lowest BCUT2D eigenvalue weighted by atomic mass is 9.89. The van der Waals surface area contributed by atoms with E-state index >= 15 is 0 Å². The Morgan fingerprint density at radius 1 is 1.06 bits per heavy atom. The molecule has 0 saturated heterocycles. The van der Waals surface area contributed by atoms with E-state index in [9.17, 15) is 0 Å². The molecule has 2 heteroatoms. The van der Waals surface area contributed by atoms with Crippen LogP contribution in [0.4, 0.5) is 0 Å². The second-order valence-electron chi connectivity index (χ2n) is 4.37. The van der Waals surface area contributed by atoms with Crippen molar-refractivity contribution in [1.29, 1.82) is 0 Å². The van der Waals surface area contributed by atoms with Gasteiger partial charge in [0.2, 0.25) is 0 Å². The fourth-order valence-corrected chi connectivity index (χ4v) is 2.15. The first kappa shape index (κ1) is 13.2. The summed E-state index contributed by atoms with van der Waals surface area (Å²) in [6, 6.07) is 4.18. The van der Waals surface area contributed by atoms with Crippen molar-refractivity contribution in [2.24, 2.45) is 0 Å². The van der Waals surface area contributed by atoms with Gasteiger partial charge in [-0.05, 0) is 49.9 Å². The average molecular weight is 220 g/mol. The fourth-order valence-electron chi connectivity index (χ4n) is 2.15. The minimum atomic E-state index is 0.340. The highest BCUT2D eigenvalue weighted by Crippen LogP contribution is 2.18. The van der Waals surface area contributed by atoms with E-state index in [1.807, 2.05) is 12.4 Å². The van der Waals surface area contributed by atoms with Gasteiger partial charge < -0.3 is 5.32 Å². The maximum Gasteiger partial charge on any atom is 0.0270 e. The third-order valence-corrected chi connectivity index (χ3v) is 3.69. The molecule has 0 aliphatic carbocycles. The molecule has 0 unspecified atom stereocenters. The van der Waals surface area contributed by atoms with Gasteiger partial charge in [-0.15, -0.1) is 0 Å².